The van der Waals surface area contributed by atoms with Gasteiger partial charge in [-0.2, -0.15) is 5.26 Å². The van der Waals surface area contributed by atoms with Crippen LogP contribution in [0.3, 0.4) is 0 Å². The Hall–Kier alpha value is -0.550. The maximum atomic E-state index is 9.04. The second kappa shape index (κ2) is 4.37. The molecule has 0 radical (unpaired) electrons. The number of nitriles is 1. The molecule has 2 aliphatic carbocycles. The summed E-state index contributed by atoms with van der Waals surface area (Å²) in [7, 11) is 0. The van der Waals surface area contributed by atoms with Crippen LogP contribution in [0.2, 0.25) is 0 Å². The van der Waals surface area contributed by atoms with Crippen molar-refractivity contribution in [2.24, 2.45) is 5.41 Å². The molecule has 2 nitrogen and oxygen atoms in total. The Morgan fingerprint density at radius 1 is 1.19 bits per heavy atom. The number of hydrogen-bond donors (Lipinski definition) is 1. The number of hydrogen-bond acceptors (Lipinski definition) is 2. The Bertz CT molecular complexity index is 282. The molecule has 2 saturated carbocycles. The van der Waals surface area contributed by atoms with Gasteiger partial charge in [0.05, 0.1) is 6.07 Å². The van der Waals surface area contributed by atoms with Crippen molar-refractivity contribution in [3.8, 4) is 6.07 Å². The van der Waals surface area contributed by atoms with Gasteiger partial charge in [-0.3, -0.25) is 5.32 Å². The van der Waals surface area contributed by atoms with E-state index in [1.54, 1.807) is 0 Å². The van der Waals surface area contributed by atoms with Crippen molar-refractivity contribution < 1.29 is 0 Å². The van der Waals surface area contributed by atoms with Crippen molar-refractivity contribution in [1.29, 1.82) is 5.26 Å². The van der Waals surface area contributed by atoms with Gasteiger partial charge >= 0.3 is 0 Å². The average molecular weight is 220 g/mol. The molecule has 0 aromatic carbocycles. The third kappa shape index (κ3) is 2.58. The summed E-state index contributed by atoms with van der Waals surface area (Å²) >= 11 is 0. The van der Waals surface area contributed by atoms with E-state index in [0.717, 1.165) is 0 Å². The molecule has 0 heterocycles. The Balaban J connectivity index is 1.90. The molecule has 0 aliphatic heterocycles. The van der Waals surface area contributed by atoms with Crippen molar-refractivity contribution in [2.75, 3.05) is 0 Å². The lowest BCUT2D eigenvalue weighted by molar-refractivity contribution is 0.189. The zero-order valence-electron chi connectivity index (χ0n) is 10.7. The van der Waals surface area contributed by atoms with Gasteiger partial charge in [-0.25, -0.2) is 0 Å². The van der Waals surface area contributed by atoms with Gasteiger partial charge in [-0.05, 0) is 51.4 Å². The predicted molar refractivity (Wildman–Crippen MR) is 66.0 cm³/mol. The first-order valence-electron chi connectivity index (χ1n) is 6.74. The predicted octanol–water partition coefficient (Wildman–Crippen LogP) is 3.38. The number of nitrogens with zero attached hydrogens (tertiary/aromatic N) is 1. The van der Waals surface area contributed by atoms with Crippen LogP contribution in [0.15, 0.2) is 0 Å². The molecule has 2 heteroatoms. The van der Waals surface area contributed by atoms with Crippen LogP contribution in [0.5, 0.6) is 0 Å². The highest BCUT2D eigenvalue weighted by atomic mass is 15.0. The monoisotopic (exact) mass is 220 g/mol. The average Bonchev–Trinajstić information content (AvgIpc) is 2.62. The molecule has 90 valence electrons. The Morgan fingerprint density at radius 2 is 1.88 bits per heavy atom. The van der Waals surface area contributed by atoms with Crippen molar-refractivity contribution in [3.05, 3.63) is 0 Å². The van der Waals surface area contributed by atoms with Crippen LogP contribution in [0, 0.1) is 16.7 Å². The summed E-state index contributed by atoms with van der Waals surface area (Å²) in [6.07, 6.45) is 11.1. The maximum absolute atomic E-state index is 9.04. The van der Waals surface area contributed by atoms with Crippen LogP contribution in [0.25, 0.3) is 0 Å². The first-order valence-corrected chi connectivity index (χ1v) is 6.74. The van der Waals surface area contributed by atoms with E-state index in [4.69, 9.17) is 5.26 Å². The topological polar surface area (TPSA) is 35.8 Å². The molecule has 0 saturated heterocycles. The van der Waals surface area contributed by atoms with E-state index >= 15 is 0 Å². The van der Waals surface area contributed by atoms with Crippen molar-refractivity contribution >= 4 is 0 Å². The molecule has 1 atom stereocenters. The summed E-state index contributed by atoms with van der Waals surface area (Å²) in [5.41, 5.74) is 0.284. The van der Waals surface area contributed by atoms with Crippen LogP contribution < -0.4 is 5.32 Å². The molecular formula is C14H24N2. The smallest absolute Gasteiger partial charge is 0.101 e. The van der Waals surface area contributed by atoms with Crippen molar-refractivity contribution in [3.63, 3.8) is 0 Å². The first-order chi connectivity index (χ1) is 7.55. The zero-order chi connectivity index (χ0) is 11.6. The summed E-state index contributed by atoms with van der Waals surface area (Å²) in [5.74, 6) is 0. The molecule has 1 N–H and O–H groups in total. The van der Waals surface area contributed by atoms with Gasteiger partial charge in [0.25, 0.3) is 0 Å². The lowest BCUT2D eigenvalue weighted by Gasteiger charge is -2.34. The first kappa shape index (κ1) is 11.9. The van der Waals surface area contributed by atoms with E-state index in [1.807, 2.05) is 13.8 Å². The number of nitrogens with one attached hydrogen (secondary N) is 1. The molecule has 0 aromatic heterocycles. The fourth-order valence-electron chi connectivity index (χ4n) is 3.63. The van der Waals surface area contributed by atoms with Crippen LogP contribution >= 0.6 is 0 Å². The molecule has 1 spiro atoms. The van der Waals surface area contributed by atoms with E-state index in [2.05, 4.69) is 11.4 Å². The maximum Gasteiger partial charge on any atom is 0.101 e. The SMILES string of the molecule is CC(C)(C#N)NC1CCC2(CCCCC2)C1. The Labute approximate surface area is 99.4 Å². The van der Waals surface area contributed by atoms with E-state index in [1.165, 1.54) is 51.4 Å². The molecule has 1 unspecified atom stereocenters. The molecule has 0 bridgehead atoms. The molecule has 16 heavy (non-hydrogen) atoms. The van der Waals surface area contributed by atoms with Crippen LogP contribution in [0.4, 0.5) is 0 Å². The minimum absolute atomic E-state index is 0.356. The van der Waals surface area contributed by atoms with Gasteiger partial charge in [0, 0.05) is 6.04 Å². The van der Waals surface area contributed by atoms with E-state index in [-0.39, 0.29) is 5.54 Å². The Kier molecular flexibility index (Phi) is 3.26. The van der Waals surface area contributed by atoms with Gasteiger partial charge in [-0.1, -0.05) is 19.3 Å². The highest BCUT2D eigenvalue weighted by Crippen LogP contribution is 2.49. The van der Waals surface area contributed by atoms with Crippen LogP contribution in [-0.4, -0.2) is 11.6 Å². The van der Waals surface area contributed by atoms with Crippen molar-refractivity contribution in [1.82, 2.24) is 5.32 Å². The summed E-state index contributed by atoms with van der Waals surface area (Å²) in [5, 5.41) is 12.6. The molecule has 0 aromatic rings. The molecule has 2 rings (SSSR count). The summed E-state index contributed by atoms with van der Waals surface area (Å²) in [6.45, 7) is 3.97. The third-order valence-corrected chi connectivity index (χ3v) is 4.46. The molecule has 0 amide bonds. The fraction of sp³-hybridized carbons (Fsp3) is 0.929. The van der Waals surface area contributed by atoms with Gasteiger partial charge in [0.2, 0.25) is 0 Å². The van der Waals surface area contributed by atoms with Gasteiger partial charge < -0.3 is 0 Å². The Morgan fingerprint density at radius 3 is 2.50 bits per heavy atom. The summed E-state index contributed by atoms with van der Waals surface area (Å²) in [4.78, 5) is 0. The quantitative estimate of drug-likeness (QED) is 0.774. The van der Waals surface area contributed by atoms with Crippen LogP contribution in [-0.2, 0) is 0 Å². The third-order valence-electron chi connectivity index (χ3n) is 4.46. The highest BCUT2D eigenvalue weighted by Gasteiger charge is 2.40. The molecule has 2 aliphatic rings. The zero-order valence-corrected chi connectivity index (χ0v) is 10.7. The highest BCUT2D eigenvalue weighted by molar-refractivity contribution is 5.04. The van der Waals surface area contributed by atoms with E-state index < -0.39 is 0 Å². The normalized spacial score (nSPS) is 29.2. The standard InChI is InChI=1S/C14H24N2/c1-13(2,11-15)16-12-6-9-14(10-12)7-4-3-5-8-14/h12,16H,3-10H2,1-2H3. The largest absolute Gasteiger partial charge is 0.297 e. The minimum atomic E-state index is -0.356. The van der Waals surface area contributed by atoms with Gasteiger partial charge in [-0.15, -0.1) is 0 Å². The second-order valence-corrected chi connectivity index (χ2v) is 6.38. The second-order valence-electron chi connectivity index (χ2n) is 6.38. The minimum Gasteiger partial charge on any atom is -0.297 e. The lowest BCUT2D eigenvalue weighted by Crippen LogP contribution is -2.44. The fourth-order valence-corrected chi connectivity index (χ4v) is 3.63. The molecular weight excluding hydrogens is 196 g/mol. The van der Waals surface area contributed by atoms with E-state index in [0.29, 0.717) is 11.5 Å². The van der Waals surface area contributed by atoms with E-state index in [9.17, 15) is 0 Å². The van der Waals surface area contributed by atoms with Gasteiger partial charge in [0.1, 0.15) is 5.54 Å². The molecule has 2 fully saturated rings. The lowest BCUT2D eigenvalue weighted by atomic mass is 9.73. The number of rotatable bonds is 2. The van der Waals surface area contributed by atoms with Gasteiger partial charge in [0.15, 0.2) is 0 Å². The van der Waals surface area contributed by atoms with Crippen molar-refractivity contribution in [2.45, 2.75) is 76.8 Å². The summed E-state index contributed by atoms with van der Waals surface area (Å²) < 4.78 is 0. The summed E-state index contributed by atoms with van der Waals surface area (Å²) in [6, 6.07) is 2.93. The van der Waals surface area contributed by atoms with Crippen LogP contribution in [0.1, 0.15) is 65.2 Å².